The van der Waals surface area contributed by atoms with Gasteiger partial charge in [-0.3, -0.25) is 9.59 Å². The molecule has 7 heteroatoms. The van der Waals surface area contributed by atoms with E-state index in [0.29, 0.717) is 12.8 Å². The Morgan fingerprint density at radius 3 is 2.20 bits per heavy atom. The molecule has 0 radical (unpaired) electrons. The van der Waals surface area contributed by atoms with Crippen molar-refractivity contribution in [3.05, 3.63) is 0 Å². The molecule has 0 spiro atoms. The molecule has 0 aliphatic heterocycles. The van der Waals surface area contributed by atoms with E-state index in [9.17, 15) is 14.4 Å². The van der Waals surface area contributed by atoms with Crippen LogP contribution in [0.25, 0.3) is 0 Å². The maximum Gasteiger partial charge on any atom is 0.326 e. The Kier molecular flexibility index (Phi) is 7.83. The highest BCUT2D eigenvalue weighted by atomic mass is 16.5. The average Bonchev–Trinajstić information content (AvgIpc) is 2.45. The summed E-state index contributed by atoms with van der Waals surface area (Å²) in [4.78, 5) is 34.4. The number of ether oxygens (including phenoxy) is 1. The second-order valence-corrected chi connectivity index (χ2v) is 4.67. The first-order valence-corrected chi connectivity index (χ1v) is 6.67. The van der Waals surface area contributed by atoms with Crippen molar-refractivity contribution < 1.29 is 24.2 Å². The van der Waals surface area contributed by atoms with Crippen molar-refractivity contribution in [1.82, 2.24) is 5.32 Å². The van der Waals surface area contributed by atoms with Crippen molar-refractivity contribution in [2.75, 3.05) is 13.7 Å². The molecule has 0 aromatic heterocycles. The minimum atomic E-state index is -1.18. The van der Waals surface area contributed by atoms with E-state index in [1.54, 1.807) is 0 Å². The lowest BCUT2D eigenvalue weighted by atomic mass is 9.81. The summed E-state index contributed by atoms with van der Waals surface area (Å²) in [6, 6.07) is -1.12. The number of aliphatic carboxylic acids is 1. The number of nitrogens with two attached hydrogens (primary N) is 1. The number of rotatable bonds is 9. The zero-order valence-corrected chi connectivity index (χ0v) is 12.3. The minimum Gasteiger partial charge on any atom is -0.480 e. The molecule has 116 valence electrons. The number of methoxy groups -OCH3 is 1. The molecule has 0 aromatic rings. The molecule has 0 saturated carbocycles. The standard InChI is InChI=1S/C13H24N2O5/c1-4-13(5-2,8-14)12(19)15-9(11(17)18)6-7-10(16)20-3/h9H,4-8,14H2,1-3H3,(H,15,19)(H,17,18)/t9-/m0/s1. The molecule has 0 aliphatic rings. The molecule has 7 nitrogen and oxygen atoms in total. The first kappa shape index (κ1) is 18.4. The quantitative estimate of drug-likeness (QED) is 0.524. The highest BCUT2D eigenvalue weighted by Gasteiger charge is 2.35. The second kappa shape index (κ2) is 8.52. The summed E-state index contributed by atoms with van der Waals surface area (Å²) in [5.74, 6) is -2.08. The van der Waals surface area contributed by atoms with E-state index in [0.717, 1.165) is 0 Å². The van der Waals surface area contributed by atoms with Crippen LogP contribution in [0, 0.1) is 5.41 Å². The van der Waals surface area contributed by atoms with E-state index < -0.39 is 23.4 Å². The summed E-state index contributed by atoms with van der Waals surface area (Å²) < 4.78 is 4.45. The fourth-order valence-corrected chi connectivity index (χ4v) is 1.89. The Bertz CT molecular complexity index is 344. The van der Waals surface area contributed by atoms with Crippen molar-refractivity contribution in [1.29, 1.82) is 0 Å². The van der Waals surface area contributed by atoms with Gasteiger partial charge in [-0.05, 0) is 19.3 Å². The van der Waals surface area contributed by atoms with Crippen LogP contribution in [0.3, 0.4) is 0 Å². The number of carbonyl (C=O) groups is 3. The molecule has 0 rings (SSSR count). The van der Waals surface area contributed by atoms with Crippen LogP contribution in [0.1, 0.15) is 39.5 Å². The van der Waals surface area contributed by atoms with Crippen LogP contribution in [0.15, 0.2) is 0 Å². The molecule has 1 amide bonds. The molecule has 0 aliphatic carbocycles. The predicted molar refractivity (Wildman–Crippen MR) is 72.9 cm³/mol. The molecular weight excluding hydrogens is 264 g/mol. The normalized spacial score (nSPS) is 12.6. The van der Waals surface area contributed by atoms with Gasteiger partial charge < -0.3 is 20.9 Å². The van der Waals surface area contributed by atoms with Crippen LogP contribution in [-0.2, 0) is 19.1 Å². The topological polar surface area (TPSA) is 119 Å². The molecule has 0 saturated heterocycles. The molecular formula is C13H24N2O5. The Labute approximate surface area is 118 Å². The molecule has 0 unspecified atom stereocenters. The first-order chi connectivity index (χ1) is 9.36. The van der Waals surface area contributed by atoms with Crippen molar-refractivity contribution in [3.8, 4) is 0 Å². The van der Waals surface area contributed by atoms with Crippen LogP contribution in [0.5, 0.6) is 0 Å². The van der Waals surface area contributed by atoms with Crippen LogP contribution in [0.2, 0.25) is 0 Å². The summed E-state index contributed by atoms with van der Waals surface area (Å²) in [5, 5.41) is 11.6. The van der Waals surface area contributed by atoms with Crippen molar-refractivity contribution in [3.63, 3.8) is 0 Å². The van der Waals surface area contributed by atoms with E-state index in [-0.39, 0.29) is 25.3 Å². The third kappa shape index (κ3) is 4.80. The lowest BCUT2D eigenvalue weighted by Crippen LogP contribution is -2.51. The van der Waals surface area contributed by atoms with Crippen LogP contribution in [0.4, 0.5) is 0 Å². The van der Waals surface area contributed by atoms with Crippen LogP contribution in [-0.4, -0.2) is 42.6 Å². The van der Waals surface area contributed by atoms with Crippen LogP contribution >= 0.6 is 0 Å². The highest BCUT2D eigenvalue weighted by molar-refractivity contribution is 5.87. The number of esters is 1. The van der Waals surface area contributed by atoms with E-state index in [1.807, 2.05) is 13.8 Å². The monoisotopic (exact) mass is 288 g/mol. The lowest BCUT2D eigenvalue weighted by Gasteiger charge is -2.30. The Hall–Kier alpha value is -1.63. The molecule has 0 bridgehead atoms. The lowest BCUT2D eigenvalue weighted by molar-refractivity contribution is -0.145. The van der Waals surface area contributed by atoms with Crippen LogP contribution < -0.4 is 11.1 Å². The Balaban J connectivity index is 4.78. The molecule has 0 heterocycles. The third-order valence-electron chi connectivity index (χ3n) is 3.69. The van der Waals surface area contributed by atoms with Gasteiger partial charge in [-0.1, -0.05) is 13.8 Å². The Morgan fingerprint density at radius 1 is 1.30 bits per heavy atom. The fourth-order valence-electron chi connectivity index (χ4n) is 1.89. The molecule has 20 heavy (non-hydrogen) atoms. The van der Waals surface area contributed by atoms with E-state index in [1.165, 1.54) is 7.11 Å². The van der Waals surface area contributed by atoms with E-state index in [4.69, 9.17) is 10.8 Å². The maximum atomic E-state index is 12.2. The first-order valence-electron chi connectivity index (χ1n) is 6.67. The summed E-state index contributed by atoms with van der Waals surface area (Å²) in [6.07, 6.45) is 0.966. The van der Waals surface area contributed by atoms with Gasteiger partial charge in [0.2, 0.25) is 5.91 Å². The van der Waals surface area contributed by atoms with Crippen molar-refractivity contribution in [2.24, 2.45) is 11.1 Å². The Morgan fingerprint density at radius 2 is 1.85 bits per heavy atom. The fraction of sp³-hybridized carbons (Fsp3) is 0.769. The number of hydrogen-bond donors (Lipinski definition) is 3. The SMILES string of the molecule is CCC(CC)(CN)C(=O)N[C@@H](CCC(=O)OC)C(=O)O. The molecule has 0 aromatic carbocycles. The minimum absolute atomic E-state index is 0.0121. The summed E-state index contributed by atoms with van der Waals surface area (Å²) in [5.41, 5.74) is 4.88. The van der Waals surface area contributed by atoms with Gasteiger partial charge in [0.25, 0.3) is 0 Å². The number of carbonyl (C=O) groups excluding carboxylic acids is 2. The van der Waals surface area contributed by atoms with Gasteiger partial charge in [-0.25, -0.2) is 4.79 Å². The molecule has 0 fully saturated rings. The smallest absolute Gasteiger partial charge is 0.326 e. The van der Waals surface area contributed by atoms with Gasteiger partial charge in [0, 0.05) is 13.0 Å². The van der Waals surface area contributed by atoms with E-state index in [2.05, 4.69) is 10.1 Å². The number of amides is 1. The van der Waals surface area contributed by atoms with Crippen molar-refractivity contribution >= 4 is 17.8 Å². The summed E-state index contributed by atoms with van der Waals surface area (Å²) in [6.45, 7) is 3.81. The molecule has 1 atom stereocenters. The van der Waals surface area contributed by atoms with E-state index >= 15 is 0 Å². The average molecular weight is 288 g/mol. The largest absolute Gasteiger partial charge is 0.480 e. The third-order valence-corrected chi connectivity index (χ3v) is 3.69. The highest BCUT2D eigenvalue weighted by Crippen LogP contribution is 2.25. The van der Waals surface area contributed by atoms with Gasteiger partial charge in [-0.2, -0.15) is 0 Å². The molecule has 4 N–H and O–H groups in total. The zero-order chi connectivity index (χ0) is 15.8. The van der Waals surface area contributed by atoms with Gasteiger partial charge >= 0.3 is 11.9 Å². The van der Waals surface area contributed by atoms with Gasteiger partial charge in [0.15, 0.2) is 0 Å². The van der Waals surface area contributed by atoms with Gasteiger partial charge in [0.05, 0.1) is 12.5 Å². The number of carboxylic acid groups (broad SMARTS) is 1. The second-order valence-electron chi connectivity index (χ2n) is 4.67. The number of nitrogens with one attached hydrogen (secondary N) is 1. The summed E-state index contributed by atoms with van der Waals surface area (Å²) >= 11 is 0. The van der Waals surface area contributed by atoms with Gasteiger partial charge in [-0.15, -0.1) is 0 Å². The number of carboxylic acids is 1. The van der Waals surface area contributed by atoms with Crippen molar-refractivity contribution in [2.45, 2.75) is 45.6 Å². The van der Waals surface area contributed by atoms with Gasteiger partial charge in [0.1, 0.15) is 6.04 Å². The predicted octanol–water partition coefficient (Wildman–Crippen LogP) is 0.274. The zero-order valence-electron chi connectivity index (χ0n) is 12.3. The maximum absolute atomic E-state index is 12.2. The number of hydrogen-bond acceptors (Lipinski definition) is 5. The summed E-state index contributed by atoms with van der Waals surface area (Å²) in [7, 11) is 1.23.